The lowest BCUT2D eigenvalue weighted by Gasteiger charge is -2.36. The quantitative estimate of drug-likeness (QED) is 0.292. The zero-order valence-corrected chi connectivity index (χ0v) is 18.0. The number of aliphatic hydroxyl groups is 1. The highest BCUT2D eigenvalue weighted by Gasteiger charge is 2.33. The summed E-state index contributed by atoms with van der Waals surface area (Å²) in [5, 5.41) is 21.6. The smallest absolute Gasteiger partial charge is 0.119 e. The van der Waals surface area contributed by atoms with Crippen molar-refractivity contribution in [2.24, 2.45) is 0 Å². The zero-order chi connectivity index (χ0) is 19.9. The molecule has 0 aliphatic heterocycles. The molecule has 0 aromatic rings. The third-order valence-corrected chi connectivity index (χ3v) is 4.99. The second-order valence-corrected chi connectivity index (χ2v) is 9.21. The normalized spacial score (nSPS) is 14.3. The Kier molecular flexibility index (Phi) is 14.1. The van der Waals surface area contributed by atoms with Crippen molar-refractivity contribution in [2.75, 3.05) is 27.7 Å². The fourth-order valence-electron chi connectivity index (χ4n) is 3.85. The average molecular weight is 372 g/mol. The van der Waals surface area contributed by atoms with Gasteiger partial charge in [0.05, 0.1) is 21.1 Å². The number of carbonyl (C=O) groups is 1. The Hall–Kier alpha value is -0.610. The molecule has 0 aromatic heterocycles. The second kappa shape index (κ2) is 14.4. The van der Waals surface area contributed by atoms with Gasteiger partial charge in [-0.3, -0.25) is 0 Å². The number of hydrogen-bond donors (Lipinski definition) is 1. The van der Waals surface area contributed by atoms with E-state index in [2.05, 4.69) is 6.92 Å². The molecule has 1 unspecified atom stereocenters. The summed E-state index contributed by atoms with van der Waals surface area (Å²) < 4.78 is 0.558. The molecule has 0 aliphatic carbocycles. The van der Waals surface area contributed by atoms with Crippen molar-refractivity contribution in [1.29, 1.82) is 0 Å². The van der Waals surface area contributed by atoms with Crippen molar-refractivity contribution in [2.45, 2.75) is 109 Å². The van der Waals surface area contributed by atoms with Gasteiger partial charge >= 0.3 is 0 Å². The summed E-state index contributed by atoms with van der Waals surface area (Å²) in [5.74, 6) is -1.16. The van der Waals surface area contributed by atoms with E-state index in [1.807, 2.05) is 21.1 Å². The minimum atomic E-state index is -1.16. The van der Waals surface area contributed by atoms with Gasteiger partial charge < -0.3 is 19.5 Å². The van der Waals surface area contributed by atoms with Crippen molar-refractivity contribution in [3.05, 3.63) is 0 Å². The van der Waals surface area contributed by atoms with Gasteiger partial charge in [-0.15, -0.1) is 0 Å². The van der Waals surface area contributed by atoms with Gasteiger partial charge in [-0.25, -0.2) is 0 Å². The molecule has 0 heterocycles. The molecule has 0 radical (unpaired) electrons. The van der Waals surface area contributed by atoms with Crippen LogP contribution >= 0.6 is 0 Å². The van der Waals surface area contributed by atoms with Gasteiger partial charge in [0, 0.05) is 12.4 Å². The highest BCUT2D eigenvalue weighted by atomic mass is 16.4. The molecule has 0 saturated heterocycles. The number of rotatable bonds is 18. The molecule has 1 N–H and O–H groups in total. The predicted octanol–water partition coefficient (Wildman–Crippen LogP) is 4.05. The number of likely N-dealkylation sites (N-methyl/N-ethyl adjacent to an activating group) is 1. The number of unbranched alkanes of at least 4 members (excludes halogenated alkanes) is 12. The van der Waals surface area contributed by atoms with E-state index in [0.29, 0.717) is 17.4 Å². The Morgan fingerprint density at radius 1 is 0.808 bits per heavy atom. The van der Waals surface area contributed by atoms with Gasteiger partial charge in [0.15, 0.2) is 0 Å². The molecular formula is C22H45NO3. The van der Waals surface area contributed by atoms with Crippen LogP contribution in [0.5, 0.6) is 0 Å². The van der Waals surface area contributed by atoms with E-state index >= 15 is 0 Å². The number of hydrogen-bond acceptors (Lipinski definition) is 3. The number of carbonyl (C=O) groups excluding carboxylic acids is 1. The number of aliphatic carboxylic acids is 1. The van der Waals surface area contributed by atoms with Crippen LogP contribution in [-0.2, 0) is 4.79 Å². The van der Waals surface area contributed by atoms with Crippen LogP contribution in [0, 0.1) is 0 Å². The molecule has 4 heteroatoms. The summed E-state index contributed by atoms with van der Waals surface area (Å²) in [5.41, 5.74) is -1.14. The average Bonchev–Trinajstić information content (AvgIpc) is 2.49. The maximum absolute atomic E-state index is 11.0. The van der Waals surface area contributed by atoms with Gasteiger partial charge in [-0.05, 0) is 6.42 Å². The molecule has 0 fully saturated rings. The van der Waals surface area contributed by atoms with Crippen LogP contribution < -0.4 is 5.11 Å². The fraction of sp³-hybridized carbons (Fsp3) is 0.955. The Balaban J connectivity index is 3.68. The van der Waals surface area contributed by atoms with Gasteiger partial charge in [-0.1, -0.05) is 90.4 Å². The van der Waals surface area contributed by atoms with Gasteiger partial charge in [0.1, 0.15) is 12.1 Å². The SMILES string of the molecule is CCCCCCCCCCCCCCCC(O)(CC(=O)[O-])C[N+](C)(C)C. The number of carboxylic acid groups (broad SMARTS) is 1. The van der Waals surface area contributed by atoms with Crippen LogP contribution in [0.15, 0.2) is 0 Å². The zero-order valence-electron chi connectivity index (χ0n) is 18.0. The number of nitrogens with zero attached hydrogens (tertiary/aromatic N) is 1. The van der Waals surface area contributed by atoms with E-state index in [1.54, 1.807) is 0 Å². The lowest BCUT2D eigenvalue weighted by atomic mass is 9.91. The predicted molar refractivity (Wildman–Crippen MR) is 108 cm³/mol. The summed E-state index contributed by atoms with van der Waals surface area (Å²) in [6, 6.07) is 0. The maximum atomic E-state index is 11.0. The lowest BCUT2D eigenvalue weighted by Crippen LogP contribution is -2.51. The molecule has 0 spiro atoms. The maximum Gasteiger partial charge on any atom is 0.119 e. The minimum absolute atomic E-state index is 0.263. The molecule has 1 atom stereocenters. The van der Waals surface area contributed by atoms with Crippen LogP contribution in [0.3, 0.4) is 0 Å². The first-order valence-corrected chi connectivity index (χ1v) is 10.9. The number of carboxylic acids is 1. The van der Waals surface area contributed by atoms with Gasteiger partial charge in [0.2, 0.25) is 0 Å². The van der Waals surface area contributed by atoms with E-state index in [-0.39, 0.29) is 6.42 Å². The molecule has 0 saturated carbocycles. The highest BCUT2D eigenvalue weighted by Crippen LogP contribution is 2.22. The molecule has 0 aliphatic rings. The molecular weight excluding hydrogens is 326 g/mol. The summed E-state index contributed by atoms with van der Waals surface area (Å²) in [7, 11) is 5.93. The Morgan fingerprint density at radius 3 is 1.54 bits per heavy atom. The van der Waals surface area contributed by atoms with Crippen molar-refractivity contribution in [1.82, 2.24) is 0 Å². The van der Waals surface area contributed by atoms with E-state index in [4.69, 9.17) is 0 Å². The fourth-order valence-corrected chi connectivity index (χ4v) is 3.85. The second-order valence-electron chi connectivity index (χ2n) is 9.21. The van der Waals surface area contributed by atoms with Crippen molar-refractivity contribution >= 4 is 5.97 Å². The van der Waals surface area contributed by atoms with E-state index < -0.39 is 11.6 Å². The van der Waals surface area contributed by atoms with Crippen LogP contribution in [0.2, 0.25) is 0 Å². The third-order valence-electron chi connectivity index (χ3n) is 4.99. The van der Waals surface area contributed by atoms with E-state index in [0.717, 1.165) is 12.8 Å². The standard InChI is InChI=1S/C22H45NO3/c1-5-6-7-8-9-10-11-12-13-14-15-16-17-18-22(26,19-21(24)25)20-23(2,3)4/h26H,5-20H2,1-4H3. The van der Waals surface area contributed by atoms with Gasteiger partial charge in [0.25, 0.3) is 0 Å². The van der Waals surface area contributed by atoms with Crippen LogP contribution in [0.25, 0.3) is 0 Å². The molecule has 0 rings (SSSR count). The number of quaternary nitrogens is 1. The van der Waals surface area contributed by atoms with E-state index in [1.165, 1.54) is 70.6 Å². The molecule has 26 heavy (non-hydrogen) atoms. The summed E-state index contributed by atoms with van der Waals surface area (Å²) in [4.78, 5) is 11.0. The first-order valence-electron chi connectivity index (χ1n) is 10.9. The largest absolute Gasteiger partial charge is 0.550 e. The summed E-state index contributed by atoms with van der Waals surface area (Å²) in [6.07, 6.45) is 17.0. The summed E-state index contributed by atoms with van der Waals surface area (Å²) >= 11 is 0. The van der Waals surface area contributed by atoms with Crippen molar-refractivity contribution in [3.8, 4) is 0 Å². The Labute approximate surface area is 162 Å². The monoisotopic (exact) mass is 371 g/mol. The third kappa shape index (κ3) is 16.8. The first-order chi connectivity index (χ1) is 12.2. The van der Waals surface area contributed by atoms with Crippen LogP contribution in [-0.4, -0.2) is 48.8 Å². The topological polar surface area (TPSA) is 60.4 Å². The lowest BCUT2D eigenvalue weighted by molar-refractivity contribution is -0.877. The molecule has 156 valence electrons. The highest BCUT2D eigenvalue weighted by molar-refractivity contribution is 5.65. The van der Waals surface area contributed by atoms with Crippen molar-refractivity contribution < 1.29 is 19.5 Å². The molecule has 0 bridgehead atoms. The van der Waals surface area contributed by atoms with Crippen LogP contribution in [0.1, 0.15) is 103 Å². The summed E-state index contributed by atoms with van der Waals surface area (Å²) in [6.45, 7) is 2.70. The molecule has 0 amide bonds. The van der Waals surface area contributed by atoms with Crippen LogP contribution in [0.4, 0.5) is 0 Å². The van der Waals surface area contributed by atoms with E-state index in [9.17, 15) is 15.0 Å². The Bertz CT molecular complexity index is 352. The molecule has 0 aromatic carbocycles. The van der Waals surface area contributed by atoms with Crippen molar-refractivity contribution in [3.63, 3.8) is 0 Å². The first kappa shape index (κ1) is 25.4. The minimum Gasteiger partial charge on any atom is -0.550 e. The van der Waals surface area contributed by atoms with Gasteiger partial charge in [-0.2, -0.15) is 0 Å². The molecule has 4 nitrogen and oxygen atoms in total. The Morgan fingerprint density at radius 2 is 1.19 bits per heavy atom.